The molecular formula is C14H19N3O3. The molecule has 0 aliphatic carbocycles. The fraction of sp³-hybridized carbons (Fsp3) is 0.500. The standard InChI is InChI=1S/C14H19N3O3/c1-10(15)12-6-7-16(9-12)14(18)8-11-2-4-13(5-3-11)17(19)20/h2-5,10,12H,6-9,15H2,1H3. The second-order valence-electron chi connectivity index (χ2n) is 5.35. The number of nitrogens with zero attached hydrogens (tertiary/aromatic N) is 2. The molecule has 1 aromatic rings. The summed E-state index contributed by atoms with van der Waals surface area (Å²) in [6.45, 7) is 3.43. The Kier molecular flexibility index (Phi) is 4.34. The van der Waals surface area contributed by atoms with Crippen LogP contribution in [0.2, 0.25) is 0 Å². The molecule has 2 rings (SSSR count). The summed E-state index contributed by atoms with van der Waals surface area (Å²) in [4.78, 5) is 24.1. The molecule has 1 aromatic carbocycles. The summed E-state index contributed by atoms with van der Waals surface area (Å²) in [5.41, 5.74) is 6.69. The molecule has 1 saturated heterocycles. The normalized spacial score (nSPS) is 19.9. The third kappa shape index (κ3) is 3.33. The zero-order valence-electron chi connectivity index (χ0n) is 11.5. The van der Waals surface area contributed by atoms with Crippen molar-refractivity contribution in [2.75, 3.05) is 13.1 Å². The molecule has 6 nitrogen and oxygen atoms in total. The summed E-state index contributed by atoms with van der Waals surface area (Å²) >= 11 is 0. The van der Waals surface area contributed by atoms with Gasteiger partial charge < -0.3 is 10.6 Å². The van der Waals surface area contributed by atoms with Crippen molar-refractivity contribution in [3.8, 4) is 0 Å². The summed E-state index contributed by atoms with van der Waals surface area (Å²) in [6.07, 6.45) is 1.23. The van der Waals surface area contributed by atoms with E-state index < -0.39 is 4.92 Å². The predicted octanol–water partition coefficient (Wildman–Crippen LogP) is 1.33. The Morgan fingerprint density at radius 1 is 1.50 bits per heavy atom. The van der Waals surface area contributed by atoms with Gasteiger partial charge in [-0.3, -0.25) is 14.9 Å². The van der Waals surface area contributed by atoms with E-state index in [2.05, 4.69) is 0 Å². The van der Waals surface area contributed by atoms with Crippen LogP contribution in [0.3, 0.4) is 0 Å². The van der Waals surface area contributed by atoms with E-state index in [9.17, 15) is 14.9 Å². The van der Waals surface area contributed by atoms with E-state index in [1.165, 1.54) is 12.1 Å². The van der Waals surface area contributed by atoms with E-state index in [1.807, 2.05) is 11.8 Å². The van der Waals surface area contributed by atoms with Gasteiger partial charge in [0.05, 0.1) is 11.3 Å². The number of likely N-dealkylation sites (tertiary alicyclic amines) is 1. The van der Waals surface area contributed by atoms with Crippen LogP contribution < -0.4 is 5.73 Å². The van der Waals surface area contributed by atoms with Gasteiger partial charge >= 0.3 is 0 Å². The Bertz CT molecular complexity index is 499. The molecule has 1 amide bonds. The number of nitro groups is 1. The molecule has 2 N–H and O–H groups in total. The number of nitrogens with two attached hydrogens (primary N) is 1. The topological polar surface area (TPSA) is 89.5 Å². The quantitative estimate of drug-likeness (QED) is 0.664. The van der Waals surface area contributed by atoms with Crippen molar-refractivity contribution in [3.05, 3.63) is 39.9 Å². The van der Waals surface area contributed by atoms with Crippen LogP contribution in [0.5, 0.6) is 0 Å². The van der Waals surface area contributed by atoms with Crippen LogP contribution in [0, 0.1) is 16.0 Å². The van der Waals surface area contributed by atoms with Crippen molar-refractivity contribution >= 4 is 11.6 Å². The number of hydrogen-bond donors (Lipinski definition) is 1. The SMILES string of the molecule is CC(N)C1CCN(C(=O)Cc2ccc([N+](=O)[O-])cc2)C1. The maximum absolute atomic E-state index is 12.2. The number of carbonyl (C=O) groups is 1. The molecule has 1 heterocycles. The lowest BCUT2D eigenvalue weighted by molar-refractivity contribution is -0.384. The second-order valence-corrected chi connectivity index (χ2v) is 5.35. The van der Waals surface area contributed by atoms with Crippen molar-refractivity contribution in [1.29, 1.82) is 0 Å². The van der Waals surface area contributed by atoms with Crippen LogP contribution in [0.25, 0.3) is 0 Å². The minimum atomic E-state index is -0.445. The van der Waals surface area contributed by atoms with Crippen LogP contribution in [-0.2, 0) is 11.2 Å². The van der Waals surface area contributed by atoms with E-state index in [0.29, 0.717) is 12.5 Å². The van der Waals surface area contributed by atoms with Gasteiger partial charge in [0.2, 0.25) is 5.91 Å². The first-order valence-electron chi connectivity index (χ1n) is 6.74. The highest BCUT2D eigenvalue weighted by molar-refractivity contribution is 5.79. The average molecular weight is 277 g/mol. The maximum atomic E-state index is 12.2. The van der Waals surface area contributed by atoms with Crippen LogP contribution in [0.4, 0.5) is 5.69 Å². The highest BCUT2D eigenvalue weighted by Gasteiger charge is 2.28. The zero-order chi connectivity index (χ0) is 14.7. The third-order valence-electron chi connectivity index (χ3n) is 3.82. The number of amides is 1. The van der Waals surface area contributed by atoms with Crippen LogP contribution >= 0.6 is 0 Å². The molecule has 0 radical (unpaired) electrons. The number of hydrogen-bond acceptors (Lipinski definition) is 4. The summed E-state index contributed by atoms with van der Waals surface area (Å²) in [5, 5.41) is 10.6. The van der Waals surface area contributed by atoms with E-state index in [1.54, 1.807) is 12.1 Å². The lowest BCUT2D eigenvalue weighted by Gasteiger charge is -2.18. The zero-order valence-corrected chi connectivity index (χ0v) is 11.5. The first-order chi connectivity index (χ1) is 9.47. The number of carbonyl (C=O) groups excluding carboxylic acids is 1. The van der Waals surface area contributed by atoms with Crippen LogP contribution in [0.15, 0.2) is 24.3 Å². The molecule has 0 aromatic heterocycles. The van der Waals surface area contributed by atoms with Gasteiger partial charge in [-0.05, 0) is 24.8 Å². The fourth-order valence-electron chi connectivity index (χ4n) is 2.46. The minimum absolute atomic E-state index is 0.0411. The van der Waals surface area contributed by atoms with Gasteiger partial charge in [-0.1, -0.05) is 12.1 Å². The Hall–Kier alpha value is -1.95. The average Bonchev–Trinajstić information content (AvgIpc) is 2.89. The van der Waals surface area contributed by atoms with E-state index >= 15 is 0 Å². The Morgan fingerprint density at radius 2 is 2.15 bits per heavy atom. The first kappa shape index (κ1) is 14.5. The largest absolute Gasteiger partial charge is 0.342 e. The molecule has 20 heavy (non-hydrogen) atoms. The fourth-order valence-corrected chi connectivity index (χ4v) is 2.46. The lowest BCUT2D eigenvalue weighted by Crippen LogP contribution is -2.33. The Balaban J connectivity index is 1.93. The molecule has 1 aliphatic heterocycles. The van der Waals surface area contributed by atoms with E-state index in [4.69, 9.17) is 5.73 Å². The minimum Gasteiger partial charge on any atom is -0.342 e. The predicted molar refractivity (Wildman–Crippen MR) is 75.1 cm³/mol. The number of non-ortho nitro benzene ring substituents is 1. The lowest BCUT2D eigenvalue weighted by atomic mass is 10.0. The molecular weight excluding hydrogens is 258 g/mol. The van der Waals surface area contributed by atoms with Gasteiger partial charge in [-0.2, -0.15) is 0 Å². The van der Waals surface area contributed by atoms with Gasteiger partial charge in [0.1, 0.15) is 0 Å². The van der Waals surface area contributed by atoms with E-state index in [0.717, 1.165) is 18.5 Å². The highest BCUT2D eigenvalue weighted by atomic mass is 16.6. The van der Waals surface area contributed by atoms with Gasteiger partial charge in [0, 0.05) is 31.3 Å². The van der Waals surface area contributed by atoms with Crippen molar-refractivity contribution in [1.82, 2.24) is 4.90 Å². The van der Waals surface area contributed by atoms with Crippen molar-refractivity contribution < 1.29 is 9.72 Å². The summed E-state index contributed by atoms with van der Waals surface area (Å²) in [6, 6.07) is 6.23. The van der Waals surface area contributed by atoms with Gasteiger partial charge in [0.15, 0.2) is 0 Å². The molecule has 108 valence electrons. The maximum Gasteiger partial charge on any atom is 0.269 e. The van der Waals surface area contributed by atoms with Crippen molar-refractivity contribution in [2.24, 2.45) is 11.7 Å². The smallest absolute Gasteiger partial charge is 0.269 e. The van der Waals surface area contributed by atoms with Gasteiger partial charge in [0.25, 0.3) is 5.69 Å². The second kappa shape index (κ2) is 6.00. The van der Waals surface area contributed by atoms with Crippen molar-refractivity contribution in [2.45, 2.75) is 25.8 Å². The molecule has 6 heteroatoms. The number of rotatable bonds is 4. The molecule has 2 atom stereocenters. The monoisotopic (exact) mass is 277 g/mol. The molecule has 0 saturated carbocycles. The Labute approximate surface area is 117 Å². The summed E-state index contributed by atoms with van der Waals surface area (Å²) in [5.74, 6) is 0.429. The summed E-state index contributed by atoms with van der Waals surface area (Å²) < 4.78 is 0. The van der Waals surface area contributed by atoms with Gasteiger partial charge in [-0.15, -0.1) is 0 Å². The highest BCUT2D eigenvalue weighted by Crippen LogP contribution is 2.20. The van der Waals surface area contributed by atoms with Crippen LogP contribution in [-0.4, -0.2) is 34.9 Å². The van der Waals surface area contributed by atoms with Crippen LogP contribution in [0.1, 0.15) is 18.9 Å². The summed E-state index contributed by atoms with van der Waals surface area (Å²) in [7, 11) is 0. The molecule has 0 spiro atoms. The molecule has 1 fully saturated rings. The number of benzene rings is 1. The molecule has 1 aliphatic rings. The van der Waals surface area contributed by atoms with Gasteiger partial charge in [-0.25, -0.2) is 0 Å². The molecule has 2 unspecified atom stereocenters. The Morgan fingerprint density at radius 3 is 2.65 bits per heavy atom. The number of nitro benzene ring substituents is 1. The first-order valence-corrected chi connectivity index (χ1v) is 6.74. The van der Waals surface area contributed by atoms with E-state index in [-0.39, 0.29) is 24.1 Å². The molecule has 0 bridgehead atoms. The van der Waals surface area contributed by atoms with Crippen molar-refractivity contribution in [3.63, 3.8) is 0 Å². The third-order valence-corrected chi connectivity index (χ3v) is 3.82.